The van der Waals surface area contributed by atoms with Gasteiger partial charge in [-0.25, -0.2) is 0 Å². The van der Waals surface area contributed by atoms with E-state index in [1.807, 2.05) is 19.2 Å². The number of hydrogen-bond donors (Lipinski definition) is 0. The highest BCUT2D eigenvalue weighted by Crippen LogP contribution is 2.29. The minimum absolute atomic E-state index is 0.592. The normalized spacial score (nSPS) is 10.7. The first-order valence-electron chi connectivity index (χ1n) is 5.51. The van der Waals surface area contributed by atoms with Crippen molar-refractivity contribution in [2.45, 2.75) is 13.5 Å². The molecular weight excluding hydrogens is 218 g/mol. The van der Waals surface area contributed by atoms with Gasteiger partial charge in [-0.15, -0.1) is 0 Å². The number of nitrogens with zero attached hydrogens (tertiary/aromatic N) is 1. The summed E-state index contributed by atoms with van der Waals surface area (Å²) >= 11 is 0. The second-order valence-corrected chi connectivity index (χ2v) is 4.06. The Morgan fingerprint density at radius 1 is 1.12 bits per heavy atom. The average molecular weight is 239 g/mol. The summed E-state index contributed by atoms with van der Waals surface area (Å²) in [6, 6.07) is 3.92. The van der Waals surface area contributed by atoms with E-state index in [1.54, 1.807) is 21.3 Å². The third-order valence-corrected chi connectivity index (χ3v) is 2.64. The van der Waals surface area contributed by atoms with Gasteiger partial charge in [0.2, 0.25) is 0 Å². The van der Waals surface area contributed by atoms with Crippen LogP contribution in [0.3, 0.4) is 0 Å². The molecule has 0 fully saturated rings. The fraction of sp³-hybridized carbons (Fsp3) is 0.538. The third-order valence-electron chi connectivity index (χ3n) is 2.64. The molecule has 0 aromatic heterocycles. The van der Waals surface area contributed by atoms with Crippen LogP contribution < -0.4 is 9.47 Å². The van der Waals surface area contributed by atoms with E-state index in [4.69, 9.17) is 14.2 Å². The Hall–Kier alpha value is -1.26. The van der Waals surface area contributed by atoms with Gasteiger partial charge >= 0.3 is 0 Å². The summed E-state index contributed by atoms with van der Waals surface area (Å²) in [6.45, 7) is 3.43. The summed E-state index contributed by atoms with van der Waals surface area (Å²) in [7, 11) is 7.03. The fourth-order valence-electron chi connectivity index (χ4n) is 1.79. The molecule has 17 heavy (non-hydrogen) atoms. The van der Waals surface area contributed by atoms with E-state index < -0.39 is 0 Å². The Bertz CT molecular complexity index is 366. The van der Waals surface area contributed by atoms with E-state index in [0.29, 0.717) is 6.73 Å². The zero-order valence-corrected chi connectivity index (χ0v) is 11.2. The van der Waals surface area contributed by atoms with Gasteiger partial charge in [0.25, 0.3) is 0 Å². The first-order chi connectivity index (χ1) is 8.12. The van der Waals surface area contributed by atoms with E-state index in [9.17, 15) is 0 Å². The van der Waals surface area contributed by atoms with Crippen LogP contribution in [0.1, 0.15) is 11.1 Å². The molecule has 0 amide bonds. The smallest absolute Gasteiger partial charge is 0.127 e. The molecule has 0 atom stereocenters. The summed E-state index contributed by atoms with van der Waals surface area (Å²) in [5.74, 6) is 1.67. The van der Waals surface area contributed by atoms with E-state index >= 15 is 0 Å². The lowest BCUT2D eigenvalue weighted by Gasteiger charge is -2.19. The molecule has 0 heterocycles. The van der Waals surface area contributed by atoms with Gasteiger partial charge in [0.15, 0.2) is 0 Å². The van der Waals surface area contributed by atoms with Gasteiger partial charge < -0.3 is 14.2 Å². The van der Waals surface area contributed by atoms with Crippen molar-refractivity contribution in [3.8, 4) is 11.5 Å². The highest BCUT2D eigenvalue weighted by molar-refractivity contribution is 5.46. The SMILES string of the molecule is COCN(C)Cc1c(C)cc(OC)cc1OC. The molecule has 0 bridgehead atoms. The van der Waals surface area contributed by atoms with Crippen LogP contribution in [0.25, 0.3) is 0 Å². The topological polar surface area (TPSA) is 30.9 Å². The van der Waals surface area contributed by atoms with Crippen LogP contribution in [-0.4, -0.2) is 40.0 Å². The maximum Gasteiger partial charge on any atom is 0.127 e. The Balaban J connectivity index is 2.97. The first-order valence-corrected chi connectivity index (χ1v) is 5.51. The van der Waals surface area contributed by atoms with Crippen molar-refractivity contribution in [2.75, 3.05) is 35.1 Å². The molecule has 0 aliphatic heterocycles. The molecule has 1 rings (SSSR count). The predicted molar refractivity (Wildman–Crippen MR) is 67.6 cm³/mol. The number of hydrogen-bond acceptors (Lipinski definition) is 4. The van der Waals surface area contributed by atoms with Gasteiger partial charge in [0, 0.05) is 25.3 Å². The van der Waals surface area contributed by atoms with E-state index in [2.05, 4.69) is 11.8 Å². The van der Waals surface area contributed by atoms with Crippen molar-refractivity contribution in [3.05, 3.63) is 23.3 Å². The summed E-state index contributed by atoms with van der Waals surface area (Å²) in [4.78, 5) is 2.08. The quantitative estimate of drug-likeness (QED) is 0.711. The standard InChI is InChI=1S/C13H21NO3/c1-10-6-11(16-4)7-13(17-5)12(10)8-14(2)9-15-3/h6-7H,8-9H2,1-5H3. The Labute approximate surface area is 103 Å². The number of benzene rings is 1. The predicted octanol–water partition coefficient (Wildman–Crippen LogP) is 2.05. The molecule has 4 nitrogen and oxygen atoms in total. The van der Waals surface area contributed by atoms with Gasteiger partial charge in [-0.1, -0.05) is 0 Å². The number of methoxy groups -OCH3 is 3. The van der Waals surface area contributed by atoms with Crippen LogP contribution in [-0.2, 0) is 11.3 Å². The van der Waals surface area contributed by atoms with Crippen molar-refractivity contribution in [3.63, 3.8) is 0 Å². The van der Waals surface area contributed by atoms with Crippen LogP contribution in [0.4, 0.5) is 0 Å². The Morgan fingerprint density at radius 2 is 1.82 bits per heavy atom. The zero-order chi connectivity index (χ0) is 12.8. The summed E-state index contributed by atoms with van der Waals surface area (Å²) in [5, 5.41) is 0. The lowest BCUT2D eigenvalue weighted by Crippen LogP contribution is -2.21. The molecule has 0 aliphatic carbocycles. The molecule has 0 saturated heterocycles. The van der Waals surface area contributed by atoms with Crippen molar-refractivity contribution < 1.29 is 14.2 Å². The average Bonchev–Trinajstić information content (AvgIpc) is 2.31. The van der Waals surface area contributed by atoms with Crippen LogP contribution in [0, 0.1) is 6.92 Å². The lowest BCUT2D eigenvalue weighted by atomic mass is 10.1. The third kappa shape index (κ3) is 3.61. The van der Waals surface area contributed by atoms with Gasteiger partial charge in [-0.3, -0.25) is 4.90 Å². The van der Waals surface area contributed by atoms with Crippen LogP contribution in [0.2, 0.25) is 0 Å². The summed E-state index contributed by atoms with van der Waals surface area (Å²) in [6.07, 6.45) is 0. The monoisotopic (exact) mass is 239 g/mol. The molecule has 1 aromatic carbocycles. The van der Waals surface area contributed by atoms with Crippen LogP contribution >= 0.6 is 0 Å². The highest BCUT2D eigenvalue weighted by atomic mass is 16.5. The number of ether oxygens (including phenoxy) is 3. The molecule has 96 valence electrons. The first kappa shape index (κ1) is 13.8. The molecule has 0 spiro atoms. The molecule has 0 saturated carbocycles. The van der Waals surface area contributed by atoms with Crippen molar-refractivity contribution >= 4 is 0 Å². The van der Waals surface area contributed by atoms with Gasteiger partial charge in [0.05, 0.1) is 21.0 Å². The fourth-order valence-corrected chi connectivity index (χ4v) is 1.79. The second-order valence-electron chi connectivity index (χ2n) is 4.06. The van der Waals surface area contributed by atoms with Gasteiger partial charge in [-0.2, -0.15) is 0 Å². The molecule has 0 aliphatic rings. The van der Waals surface area contributed by atoms with Crippen molar-refractivity contribution in [1.82, 2.24) is 4.90 Å². The van der Waals surface area contributed by atoms with E-state index in [0.717, 1.165) is 29.2 Å². The van der Waals surface area contributed by atoms with Crippen molar-refractivity contribution in [2.24, 2.45) is 0 Å². The maximum atomic E-state index is 5.40. The minimum Gasteiger partial charge on any atom is -0.497 e. The summed E-state index contributed by atoms with van der Waals surface area (Å²) in [5.41, 5.74) is 2.32. The van der Waals surface area contributed by atoms with Crippen LogP contribution in [0.5, 0.6) is 11.5 Å². The summed E-state index contributed by atoms with van der Waals surface area (Å²) < 4.78 is 15.7. The maximum absolute atomic E-state index is 5.40. The number of aryl methyl sites for hydroxylation is 1. The Morgan fingerprint density at radius 3 is 2.35 bits per heavy atom. The largest absolute Gasteiger partial charge is 0.497 e. The molecule has 1 aromatic rings. The zero-order valence-electron chi connectivity index (χ0n) is 11.2. The number of rotatable bonds is 6. The van der Waals surface area contributed by atoms with Gasteiger partial charge in [0.1, 0.15) is 11.5 Å². The van der Waals surface area contributed by atoms with E-state index in [1.165, 1.54) is 0 Å². The molecule has 0 N–H and O–H groups in total. The molecule has 4 heteroatoms. The molecule has 0 unspecified atom stereocenters. The molecular formula is C13H21NO3. The van der Waals surface area contributed by atoms with Crippen LogP contribution in [0.15, 0.2) is 12.1 Å². The second kappa shape index (κ2) is 6.47. The minimum atomic E-state index is 0.592. The highest BCUT2D eigenvalue weighted by Gasteiger charge is 2.11. The Kier molecular flexibility index (Phi) is 5.25. The van der Waals surface area contributed by atoms with E-state index in [-0.39, 0.29) is 0 Å². The molecule has 0 radical (unpaired) electrons. The van der Waals surface area contributed by atoms with Crippen molar-refractivity contribution in [1.29, 1.82) is 0 Å². The lowest BCUT2D eigenvalue weighted by molar-refractivity contribution is 0.0765. The van der Waals surface area contributed by atoms with Gasteiger partial charge in [-0.05, 0) is 25.6 Å².